The number of carbonyl (C=O) groups excluding carboxylic acids is 1. The summed E-state index contributed by atoms with van der Waals surface area (Å²) < 4.78 is 9.89. The van der Waals surface area contributed by atoms with Crippen LogP contribution in [0.15, 0.2) is 10.7 Å². The van der Waals surface area contributed by atoms with Gasteiger partial charge in [-0.1, -0.05) is 0 Å². The number of aromatic nitrogens is 1. The molecular formula is C11H18N2O4. The molecule has 0 amide bonds. The molecule has 1 unspecified atom stereocenters. The van der Waals surface area contributed by atoms with Crippen LogP contribution in [-0.2, 0) is 4.74 Å². The first-order chi connectivity index (χ1) is 8.17. The first-order valence-electron chi connectivity index (χ1n) is 5.67. The molecule has 1 rings (SSSR count). The minimum absolute atomic E-state index is 0.121. The minimum Gasteiger partial charge on any atom is -0.461 e. The molecule has 96 valence electrons. The monoisotopic (exact) mass is 242 g/mol. The van der Waals surface area contributed by atoms with Crippen LogP contribution in [0, 0.1) is 0 Å². The molecular weight excluding hydrogens is 224 g/mol. The lowest BCUT2D eigenvalue weighted by molar-refractivity contribution is 0.0519. The van der Waals surface area contributed by atoms with Crippen molar-refractivity contribution in [2.75, 3.05) is 18.5 Å². The molecule has 6 nitrogen and oxygen atoms in total. The first-order valence-corrected chi connectivity index (χ1v) is 5.67. The molecule has 0 saturated carbocycles. The molecule has 0 spiro atoms. The number of oxazole rings is 1. The van der Waals surface area contributed by atoms with E-state index in [4.69, 9.17) is 14.3 Å². The van der Waals surface area contributed by atoms with E-state index >= 15 is 0 Å². The van der Waals surface area contributed by atoms with Gasteiger partial charge in [0.25, 0.3) is 6.01 Å². The van der Waals surface area contributed by atoms with Crippen molar-refractivity contribution in [1.82, 2.24) is 4.98 Å². The summed E-state index contributed by atoms with van der Waals surface area (Å²) in [6.07, 6.45) is 2.77. The number of anilines is 1. The third kappa shape index (κ3) is 4.44. The zero-order valence-electron chi connectivity index (χ0n) is 10.1. The van der Waals surface area contributed by atoms with Gasteiger partial charge in [0.05, 0.1) is 6.61 Å². The van der Waals surface area contributed by atoms with Crippen molar-refractivity contribution in [3.63, 3.8) is 0 Å². The van der Waals surface area contributed by atoms with E-state index in [2.05, 4.69) is 10.3 Å². The number of hydrogen-bond acceptors (Lipinski definition) is 6. The van der Waals surface area contributed by atoms with Crippen LogP contribution in [0.1, 0.15) is 37.2 Å². The summed E-state index contributed by atoms with van der Waals surface area (Å²) in [4.78, 5) is 15.3. The maximum atomic E-state index is 11.3. The standard InChI is InChI=1S/C11H18N2O4/c1-3-16-10(15)9-7-17-11(13-9)12-8(2)5-4-6-14/h7-8,14H,3-6H2,1-2H3,(H,12,13). The van der Waals surface area contributed by atoms with Crippen molar-refractivity contribution in [3.8, 4) is 0 Å². The Morgan fingerprint density at radius 1 is 1.71 bits per heavy atom. The zero-order chi connectivity index (χ0) is 12.7. The topological polar surface area (TPSA) is 84.6 Å². The Bertz CT molecular complexity index is 351. The van der Waals surface area contributed by atoms with Gasteiger partial charge in [0, 0.05) is 12.6 Å². The summed E-state index contributed by atoms with van der Waals surface area (Å²) in [5, 5.41) is 11.7. The van der Waals surface area contributed by atoms with Gasteiger partial charge in [-0.15, -0.1) is 0 Å². The molecule has 1 aromatic heterocycles. The maximum Gasteiger partial charge on any atom is 0.360 e. The summed E-state index contributed by atoms with van der Waals surface area (Å²) >= 11 is 0. The minimum atomic E-state index is -0.493. The highest BCUT2D eigenvalue weighted by Gasteiger charge is 2.14. The normalized spacial score (nSPS) is 12.2. The Balaban J connectivity index is 2.47. The van der Waals surface area contributed by atoms with Gasteiger partial charge in [0.15, 0.2) is 5.69 Å². The SMILES string of the molecule is CCOC(=O)c1coc(NC(C)CCCO)n1. The molecule has 0 saturated heterocycles. The average molecular weight is 242 g/mol. The molecule has 17 heavy (non-hydrogen) atoms. The summed E-state index contributed by atoms with van der Waals surface area (Å²) in [5.41, 5.74) is 0.156. The molecule has 0 aromatic carbocycles. The summed E-state index contributed by atoms with van der Waals surface area (Å²) in [6.45, 7) is 4.14. The van der Waals surface area contributed by atoms with Crippen LogP contribution < -0.4 is 5.32 Å². The highest BCUT2D eigenvalue weighted by atomic mass is 16.5. The van der Waals surface area contributed by atoms with Crippen molar-refractivity contribution < 1.29 is 19.1 Å². The van der Waals surface area contributed by atoms with Crippen LogP contribution in [0.4, 0.5) is 6.01 Å². The Hall–Kier alpha value is -1.56. The molecule has 1 heterocycles. The lowest BCUT2D eigenvalue weighted by atomic mass is 10.2. The summed E-state index contributed by atoms with van der Waals surface area (Å²) in [7, 11) is 0. The average Bonchev–Trinajstić information content (AvgIpc) is 2.75. The van der Waals surface area contributed by atoms with Crippen LogP contribution in [0.3, 0.4) is 0 Å². The van der Waals surface area contributed by atoms with Crippen LogP contribution in [-0.4, -0.2) is 35.3 Å². The van der Waals surface area contributed by atoms with Gasteiger partial charge in [-0.05, 0) is 26.7 Å². The third-order valence-corrected chi connectivity index (χ3v) is 2.15. The maximum absolute atomic E-state index is 11.3. The van der Waals surface area contributed by atoms with Crippen molar-refractivity contribution in [3.05, 3.63) is 12.0 Å². The van der Waals surface area contributed by atoms with E-state index in [1.54, 1.807) is 6.92 Å². The van der Waals surface area contributed by atoms with Gasteiger partial charge in [-0.3, -0.25) is 0 Å². The fourth-order valence-corrected chi connectivity index (χ4v) is 1.32. The van der Waals surface area contributed by atoms with Crippen molar-refractivity contribution in [2.24, 2.45) is 0 Å². The largest absolute Gasteiger partial charge is 0.461 e. The zero-order valence-corrected chi connectivity index (χ0v) is 10.1. The van der Waals surface area contributed by atoms with Gasteiger partial charge in [0.2, 0.25) is 0 Å². The van der Waals surface area contributed by atoms with Crippen LogP contribution in [0.5, 0.6) is 0 Å². The van der Waals surface area contributed by atoms with E-state index in [-0.39, 0.29) is 18.3 Å². The number of esters is 1. The van der Waals surface area contributed by atoms with Crippen LogP contribution >= 0.6 is 0 Å². The number of nitrogens with one attached hydrogen (secondary N) is 1. The number of aliphatic hydroxyl groups is 1. The number of ether oxygens (including phenoxy) is 1. The molecule has 0 aliphatic rings. The molecule has 1 aromatic rings. The molecule has 0 fully saturated rings. The number of hydrogen-bond donors (Lipinski definition) is 2. The smallest absolute Gasteiger partial charge is 0.360 e. The van der Waals surface area contributed by atoms with E-state index < -0.39 is 5.97 Å². The van der Waals surface area contributed by atoms with E-state index in [1.165, 1.54) is 6.26 Å². The molecule has 0 radical (unpaired) electrons. The van der Waals surface area contributed by atoms with Gasteiger partial charge in [-0.2, -0.15) is 4.98 Å². The number of rotatable bonds is 7. The molecule has 1 atom stereocenters. The third-order valence-electron chi connectivity index (χ3n) is 2.15. The van der Waals surface area contributed by atoms with Crippen LogP contribution in [0.2, 0.25) is 0 Å². The van der Waals surface area contributed by atoms with E-state index in [0.717, 1.165) is 6.42 Å². The van der Waals surface area contributed by atoms with E-state index in [0.29, 0.717) is 19.0 Å². The number of aliphatic hydroxyl groups excluding tert-OH is 1. The van der Waals surface area contributed by atoms with Crippen molar-refractivity contribution in [2.45, 2.75) is 32.7 Å². The highest BCUT2D eigenvalue weighted by Crippen LogP contribution is 2.11. The fraction of sp³-hybridized carbons (Fsp3) is 0.636. The summed E-state index contributed by atoms with van der Waals surface area (Å²) in [6, 6.07) is 0.411. The lowest BCUT2D eigenvalue weighted by Gasteiger charge is -2.10. The van der Waals surface area contributed by atoms with Gasteiger partial charge >= 0.3 is 5.97 Å². The quantitative estimate of drug-likeness (QED) is 0.703. The molecule has 0 bridgehead atoms. The summed E-state index contributed by atoms with van der Waals surface area (Å²) in [5.74, 6) is -0.493. The first kappa shape index (κ1) is 13.5. The second-order valence-corrected chi connectivity index (χ2v) is 3.67. The Morgan fingerprint density at radius 3 is 3.12 bits per heavy atom. The van der Waals surface area contributed by atoms with Gasteiger partial charge in [0.1, 0.15) is 6.26 Å². The second-order valence-electron chi connectivity index (χ2n) is 3.67. The second kappa shape index (κ2) is 6.90. The fourth-order valence-electron chi connectivity index (χ4n) is 1.32. The van der Waals surface area contributed by atoms with Crippen LogP contribution in [0.25, 0.3) is 0 Å². The molecule has 0 aliphatic heterocycles. The molecule has 2 N–H and O–H groups in total. The number of nitrogens with zero attached hydrogens (tertiary/aromatic N) is 1. The van der Waals surface area contributed by atoms with Gasteiger partial charge < -0.3 is 19.6 Å². The molecule has 6 heteroatoms. The van der Waals surface area contributed by atoms with Crippen molar-refractivity contribution in [1.29, 1.82) is 0 Å². The Labute approximate surface area is 100.0 Å². The molecule has 0 aliphatic carbocycles. The Morgan fingerprint density at radius 2 is 2.47 bits per heavy atom. The number of carbonyl (C=O) groups is 1. The predicted molar refractivity (Wildman–Crippen MR) is 61.9 cm³/mol. The highest BCUT2D eigenvalue weighted by molar-refractivity contribution is 5.87. The van der Waals surface area contributed by atoms with Gasteiger partial charge in [-0.25, -0.2) is 4.79 Å². The van der Waals surface area contributed by atoms with E-state index in [1.807, 2.05) is 6.92 Å². The Kier molecular flexibility index (Phi) is 5.48. The lowest BCUT2D eigenvalue weighted by Crippen LogP contribution is -2.16. The van der Waals surface area contributed by atoms with Crippen molar-refractivity contribution >= 4 is 12.0 Å². The predicted octanol–water partition coefficient (Wildman–Crippen LogP) is 1.42. The van der Waals surface area contributed by atoms with E-state index in [9.17, 15) is 4.79 Å².